The average Bonchev–Trinajstić information content (AvgIpc) is 2.65. The molecule has 0 aromatic heterocycles. The molecular formula is C12H13NO5. The van der Waals surface area contributed by atoms with E-state index in [4.69, 9.17) is 9.84 Å². The lowest BCUT2D eigenvalue weighted by molar-refractivity contribution is -0.164. The van der Waals surface area contributed by atoms with Gasteiger partial charge in [-0.05, 0) is 6.07 Å². The highest BCUT2D eigenvalue weighted by Gasteiger charge is 2.46. The van der Waals surface area contributed by atoms with E-state index >= 15 is 0 Å². The molecule has 0 saturated carbocycles. The Bertz CT molecular complexity index is 487. The minimum Gasteiger partial charge on any atom is -0.496 e. The van der Waals surface area contributed by atoms with Crippen molar-refractivity contribution < 1.29 is 24.6 Å². The van der Waals surface area contributed by atoms with E-state index in [9.17, 15) is 14.8 Å². The minimum absolute atomic E-state index is 0.0455. The van der Waals surface area contributed by atoms with Gasteiger partial charge in [-0.1, -0.05) is 18.2 Å². The number of amides is 1. The van der Waals surface area contributed by atoms with Crippen LogP contribution in [0.1, 0.15) is 11.5 Å². The van der Waals surface area contributed by atoms with E-state index in [-0.39, 0.29) is 6.54 Å². The van der Waals surface area contributed by atoms with Gasteiger partial charge in [0.2, 0.25) is 0 Å². The zero-order valence-electron chi connectivity index (χ0n) is 9.74. The largest absolute Gasteiger partial charge is 0.496 e. The van der Waals surface area contributed by atoms with Crippen LogP contribution >= 0.6 is 0 Å². The normalized spacial score (nSPS) is 23.2. The summed E-state index contributed by atoms with van der Waals surface area (Å²) in [7, 11) is 1.47. The van der Waals surface area contributed by atoms with Crippen LogP contribution in [-0.2, 0) is 9.59 Å². The van der Waals surface area contributed by atoms with Crippen molar-refractivity contribution >= 4 is 11.9 Å². The molecule has 0 radical (unpaired) electrons. The van der Waals surface area contributed by atoms with Gasteiger partial charge in [0.25, 0.3) is 5.91 Å². The highest BCUT2D eigenvalue weighted by atomic mass is 16.5. The molecule has 2 atom stereocenters. The van der Waals surface area contributed by atoms with Gasteiger partial charge in [-0.2, -0.15) is 0 Å². The van der Waals surface area contributed by atoms with Crippen molar-refractivity contribution in [2.75, 3.05) is 13.7 Å². The molecule has 2 N–H and O–H groups in total. The first-order valence-corrected chi connectivity index (χ1v) is 5.42. The van der Waals surface area contributed by atoms with Gasteiger partial charge in [-0.15, -0.1) is 0 Å². The van der Waals surface area contributed by atoms with Crippen LogP contribution in [0.25, 0.3) is 0 Å². The Labute approximate surface area is 103 Å². The van der Waals surface area contributed by atoms with Gasteiger partial charge in [0, 0.05) is 11.5 Å². The number of rotatable bonds is 3. The smallest absolute Gasteiger partial charge is 0.316 e. The van der Waals surface area contributed by atoms with Crippen molar-refractivity contribution in [2.45, 2.75) is 5.92 Å². The van der Waals surface area contributed by atoms with Crippen molar-refractivity contribution in [1.82, 2.24) is 5.06 Å². The van der Waals surface area contributed by atoms with Crippen LogP contribution in [0.3, 0.4) is 0 Å². The fourth-order valence-electron chi connectivity index (χ4n) is 2.24. The van der Waals surface area contributed by atoms with Crippen molar-refractivity contribution in [3.05, 3.63) is 29.8 Å². The second-order valence-electron chi connectivity index (χ2n) is 4.08. The number of nitrogens with zero attached hydrogens (tertiary/aromatic N) is 1. The lowest BCUT2D eigenvalue weighted by atomic mass is 9.88. The number of hydroxylamine groups is 2. The molecule has 1 saturated heterocycles. The second-order valence-corrected chi connectivity index (χ2v) is 4.08. The van der Waals surface area contributed by atoms with E-state index in [1.165, 1.54) is 7.11 Å². The molecule has 1 aliphatic rings. The lowest BCUT2D eigenvalue weighted by Crippen LogP contribution is -2.28. The van der Waals surface area contributed by atoms with Crippen molar-refractivity contribution in [2.24, 2.45) is 5.92 Å². The molecule has 1 fully saturated rings. The maximum atomic E-state index is 11.6. The van der Waals surface area contributed by atoms with Crippen molar-refractivity contribution in [3.8, 4) is 5.75 Å². The first kappa shape index (κ1) is 12.4. The first-order valence-electron chi connectivity index (χ1n) is 5.42. The van der Waals surface area contributed by atoms with Gasteiger partial charge < -0.3 is 9.84 Å². The summed E-state index contributed by atoms with van der Waals surface area (Å²) < 4.78 is 5.15. The number of hydrogen-bond acceptors (Lipinski definition) is 4. The van der Waals surface area contributed by atoms with Crippen LogP contribution in [0.5, 0.6) is 5.75 Å². The van der Waals surface area contributed by atoms with E-state index < -0.39 is 23.7 Å². The Hall–Kier alpha value is -2.08. The molecule has 1 aromatic carbocycles. The number of carbonyl (C=O) groups is 2. The zero-order chi connectivity index (χ0) is 13.3. The van der Waals surface area contributed by atoms with Crippen LogP contribution in [0.4, 0.5) is 0 Å². The summed E-state index contributed by atoms with van der Waals surface area (Å²) in [6, 6.07) is 6.89. The summed E-state index contributed by atoms with van der Waals surface area (Å²) in [5, 5.41) is 18.9. The molecule has 18 heavy (non-hydrogen) atoms. The van der Waals surface area contributed by atoms with Crippen LogP contribution < -0.4 is 4.74 Å². The summed E-state index contributed by atoms with van der Waals surface area (Å²) in [4.78, 5) is 22.7. The molecule has 1 amide bonds. The van der Waals surface area contributed by atoms with E-state index in [0.29, 0.717) is 16.4 Å². The van der Waals surface area contributed by atoms with Crippen LogP contribution in [0, 0.1) is 5.92 Å². The lowest BCUT2D eigenvalue weighted by Gasteiger charge is -2.16. The Morgan fingerprint density at radius 1 is 1.44 bits per heavy atom. The fraction of sp³-hybridized carbons (Fsp3) is 0.333. The van der Waals surface area contributed by atoms with Gasteiger partial charge in [0.05, 0.1) is 13.7 Å². The van der Waals surface area contributed by atoms with Gasteiger partial charge >= 0.3 is 5.97 Å². The molecule has 96 valence electrons. The number of carbonyl (C=O) groups excluding carboxylic acids is 1. The third-order valence-corrected chi connectivity index (χ3v) is 3.10. The number of aliphatic carboxylic acids is 1. The van der Waals surface area contributed by atoms with Crippen LogP contribution in [0.2, 0.25) is 0 Å². The number of para-hydroxylation sites is 1. The topological polar surface area (TPSA) is 87.1 Å². The maximum Gasteiger partial charge on any atom is 0.316 e. The van der Waals surface area contributed by atoms with Gasteiger partial charge in [0.1, 0.15) is 11.7 Å². The monoisotopic (exact) mass is 251 g/mol. The van der Waals surface area contributed by atoms with E-state index in [2.05, 4.69) is 0 Å². The molecular weight excluding hydrogens is 238 g/mol. The molecule has 2 rings (SSSR count). The Morgan fingerprint density at radius 2 is 2.11 bits per heavy atom. The van der Waals surface area contributed by atoms with Gasteiger partial charge in [0.15, 0.2) is 0 Å². The number of carboxylic acid groups (broad SMARTS) is 1. The average molecular weight is 251 g/mol. The standard InChI is InChI=1S/C12H13NO5/c1-18-9-5-3-2-4-7(9)8-6-13(17)11(14)10(8)12(15)16/h2-5,8,10,17H,6H2,1H3,(H,15,16). The summed E-state index contributed by atoms with van der Waals surface area (Å²) in [6.07, 6.45) is 0. The number of carboxylic acids is 1. The van der Waals surface area contributed by atoms with E-state index in [1.54, 1.807) is 24.3 Å². The first-order chi connectivity index (χ1) is 8.56. The molecule has 0 spiro atoms. The predicted octanol–water partition coefficient (Wildman–Crippen LogP) is 0.711. The molecule has 0 bridgehead atoms. The highest BCUT2D eigenvalue weighted by Crippen LogP contribution is 2.37. The third-order valence-electron chi connectivity index (χ3n) is 3.10. The predicted molar refractivity (Wildman–Crippen MR) is 60.4 cm³/mol. The zero-order valence-corrected chi connectivity index (χ0v) is 9.74. The quantitative estimate of drug-likeness (QED) is 0.610. The van der Waals surface area contributed by atoms with Crippen LogP contribution in [0.15, 0.2) is 24.3 Å². The summed E-state index contributed by atoms with van der Waals surface area (Å²) >= 11 is 0. The highest BCUT2D eigenvalue weighted by molar-refractivity contribution is 5.99. The number of hydrogen-bond donors (Lipinski definition) is 2. The number of benzene rings is 1. The van der Waals surface area contributed by atoms with Gasteiger partial charge in [-0.3, -0.25) is 14.8 Å². The molecule has 1 heterocycles. The molecule has 1 aromatic rings. The Morgan fingerprint density at radius 3 is 2.72 bits per heavy atom. The SMILES string of the molecule is COc1ccccc1C1CN(O)C(=O)C1C(=O)O. The van der Waals surface area contributed by atoms with Crippen LogP contribution in [-0.4, -0.2) is 40.9 Å². The third kappa shape index (κ3) is 1.91. The Kier molecular flexibility index (Phi) is 3.20. The fourth-order valence-corrected chi connectivity index (χ4v) is 2.24. The number of ether oxygens (including phenoxy) is 1. The minimum atomic E-state index is -1.27. The maximum absolute atomic E-state index is 11.6. The summed E-state index contributed by atoms with van der Waals surface area (Å²) in [5.74, 6) is -3.41. The van der Waals surface area contributed by atoms with Crippen molar-refractivity contribution in [3.63, 3.8) is 0 Å². The second kappa shape index (κ2) is 4.66. The van der Waals surface area contributed by atoms with Gasteiger partial charge in [-0.25, -0.2) is 5.06 Å². The molecule has 6 heteroatoms. The van der Waals surface area contributed by atoms with E-state index in [1.807, 2.05) is 0 Å². The van der Waals surface area contributed by atoms with Crippen molar-refractivity contribution in [1.29, 1.82) is 0 Å². The number of methoxy groups -OCH3 is 1. The molecule has 1 aliphatic heterocycles. The van der Waals surface area contributed by atoms with E-state index in [0.717, 1.165) is 0 Å². The molecule has 2 unspecified atom stereocenters. The molecule has 0 aliphatic carbocycles. The molecule has 6 nitrogen and oxygen atoms in total. The summed E-state index contributed by atoms with van der Waals surface area (Å²) in [6.45, 7) is -0.0455. The Balaban J connectivity index is 2.43. The summed E-state index contributed by atoms with van der Waals surface area (Å²) in [5.41, 5.74) is 0.609.